The number of nitrogens with one attached hydrogen (secondary N) is 2. The molecule has 4 aromatic rings. The molecule has 1 fully saturated rings. The predicted molar refractivity (Wildman–Crippen MR) is 146 cm³/mol. The highest BCUT2D eigenvalue weighted by molar-refractivity contribution is 5.77. The van der Waals surface area contributed by atoms with Crippen LogP contribution in [0.1, 0.15) is 55.0 Å². The Morgan fingerprint density at radius 3 is 2.87 bits per heavy atom. The van der Waals surface area contributed by atoms with E-state index in [0.717, 1.165) is 37.2 Å². The molecule has 1 aliphatic heterocycles. The van der Waals surface area contributed by atoms with Crippen LogP contribution in [0.5, 0.6) is 0 Å². The second-order valence-electron chi connectivity index (χ2n) is 11.1. The van der Waals surface area contributed by atoms with Crippen molar-refractivity contribution in [2.75, 3.05) is 11.9 Å². The third-order valence-electron chi connectivity index (χ3n) is 8.34. The molecular formula is C29H31N7O2. The van der Waals surface area contributed by atoms with Crippen LogP contribution in [0.4, 0.5) is 11.6 Å². The average Bonchev–Trinajstić information content (AvgIpc) is 3.62. The molecule has 1 aromatic carbocycles. The monoisotopic (exact) mass is 509 g/mol. The molecule has 9 heteroatoms. The quantitative estimate of drug-likeness (QED) is 0.353. The lowest BCUT2D eigenvalue weighted by Crippen LogP contribution is -2.33. The first-order valence-corrected chi connectivity index (χ1v) is 13.3. The highest BCUT2D eigenvalue weighted by atomic mass is 16.3. The van der Waals surface area contributed by atoms with E-state index in [1.807, 2.05) is 12.1 Å². The zero-order valence-corrected chi connectivity index (χ0v) is 21.5. The Balaban J connectivity index is 1.32. The van der Waals surface area contributed by atoms with Gasteiger partial charge in [-0.15, -0.1) is 6.58 Å². The highest BCUT2D eigenvalue weighted by Crippen LogP contribution is 2.50. The van der Waals surface area contributed by atoms with E-state index < -0.39 is 5.60 Å². The maximum Gasteiger partial charge on any atom is 0.278 e. The summed E-state index contributed by atoms with van der Waals surface area (Å²) in [6.45, 7) is 7.82. The van der Waals surface area contributed by atoms with Gasteiger partial charge in [-0.25, -0.2) is 19.3 Å². The van der Waals surface area contributed by atoms with Gasteiger partial charge in [-0.1, -0.05) is 18.2 Å². The Morgan fingerprint density at radius 1 is 1.18 bits per heavy atom. The molecule has 2 aliphatic carbocycles. The van der Waals surface area contributed by atoms with Crippen LogP contribution in [-0.4, -0.2) is 36.0 Å². The van der Waals surface area contributed by atoms with Crippen LogP contribution in [0, 0.1) is 0 Å². The molecule has 3 aliphatic rings. The van der Waals surface area contributed by atoms with Gasteiger partial charge in [0, 0.05) is 30.4 Å². The number of anilines is 2. The normalized spacial score (nSPS) is 21.2. The first-order chi connectivity index (χ1) is 18.4. The number of allylic oxidation sites excluding steroid dienone is 1. The van der Waals surface area contributed by atoms with E-state index >= 15 is 0 Å². The van der Waals surface area contributed by atoms with E-state index in [9.17, 15) is 9.90 Å². The van der Waals surface area contributed by atoms with E-state index in [0.29, 0.717) is 40.3 Å². The zero-order chi connectivity index (χ0) is 26.1. The molecule has 0 saturated heterocycles. The van der Waals surface area contributed by atoms with Crippen molar-refractivity contribution in [3.8, 4) is 5.82 Å². The molecule has 4 heterocycles. The lowest BCUT2D eigenvalue weighted by Gasteiger charge is -2.30. The average molecular weight is 510 g/mol. The van der Waals surface area contributed by atoms with Crippen molar-refractivity contribution < 1.29 is 5.11 Å². The van der Waals surface area contributed by atoms with Crippen molar-refractivity contribution in [3.63, 3.8) is 0 Å². The van der Waals surface area contributed by atoms with Crippen LogP contribution >= 0.6 is 0 Å². The van der Waals surface area contributed by atoms with Crippen LogP contribution in [0.15, 0.2) is 54.0 Å². The molecule has 3 aromatic heterocycles. The number of rotatable bonds is 5. The number of nitrogens with zero attached hydrogens (tertiary/aromatic N) is 5. The van der Waals surface area contributed by atoms with Gasteiger partial charge < -0.3 is 15.7 Å². The summed E-state index contributed by atoms with van der Waals surface area (Å²) in [5.41, 5.74) is 4.89. The fraction of sp³-hybridized carbons (Fsp3) is 0.379. The molecule has 1 saturated carbocycles. The summed E-state index contributed by atoms with van der Waals surface area (Å²) in [5.74, 6) is 0.927. The van der Waals surface area contributed by atoms with Gasteiger partial charge in [0.15, 0.2) is 11.5 Å². The standard InChI is InChI=1S/C29H31N7O2/c1-3-13-35-26(37)21-16-31-27(32-20-7-8-22-19(14-20)15-30-17-29(22)11-12-29)34-25(21)36(35)23-9-6-18-5-4-10-28(2,38)24(18)33-23/h3,6-9,14,16,30,38H,1,4-5,10-13,15,17H2,2H3,(H,31,32,34)/t28-/m1/s1. The number of fused-ring (bicyclic) bond motifs is 4. The molecule has 0 radical (unpaired) electrons. The Labute approximate surface area is 220 Å². The largest absolute Gasteiger partial charge is 0.384 e. The van der Waals surface area contributed by atoms with Crippen molar-refractivity contribution in [1.29, 1.82) is 0 Å². The van der Waals surface area contributed by atoms with Crippen molar-refractivity contribution in [1.82, 2.24) is 29.6 Å². The van der Waals surface area contributed by atoms with Crippen LogP contribution in [0.3, 0.4) is 0 Å². The molecule has 0 amide bonds. The van der Waals surface area contributed by atoms with Crippen LogP contribution in [-0.2, 0) is 30.5 Å². The second-order valence-corrected chi connectivity index (χ2v) is 11.1. The molecule has 3 N–H and O–H groups in total. The summed E-state index contributed by atoms with van der Waals surface area (Å²) < 4.78 is 3.27. The van der Waals surface area contributed by atoms with Gasteiger partial charge in [-0.05, 0) is 73.9 Å². The summed E-state index contributed by atoms with van der Waals surface area (Å²) in [6.07, 6.45) is 8.16. The molecule has 9 nitrogen and oxygen atoms in total. The Morgan fingerprint density at radius 2 is 2.05 bits per heavy atom. The van der Waals surface area contributed by atoms with Gasteiger partial charge in [-0.2, -0.15) is 4.98 Å². The van der Waals surface area contributed by atoms with Crippen molar-refractivity contribution >= 4 is 22.7 Å². The van der Waals surface area contributed by atoms with Gasteiger partial charge in [-0.3, -0.25) is 4.79 Å². The van der Waals surface area contributed by atoms with Crippen molar-refractivity contribution in [2.45, 2.75) is 63.1 Å². The minimum atomic E-state index is -1.02. The second kappa shape index (κ2) is 8.34. The van der Waals surface area contributed by atoms with E-state index in [1.165, 1.54) is 24.0 Å². The van der Waals surface area contributed by atoms with Gasteiger partial charge in [0.1, 0.15) is 11.0 Å². The molecule has 0 unspecified atom stereocenters. The number of pyridine rings is 1. The first kappa shape index (κ1) is 23.3. The fourth-order valence-corrected chi connectivity index (χ4v) is 6.21. The van der Waals surface area contributed by atoms with Crippen molar-refractivity contribution in [2.24, 2.45) is 0 Å². The topological polar surface area (TPSA) is 110 Å². The van der Waals surface area contributed by atoms with Crippen LogP contribution < -0.4 is 16.2 Å². The highest BCUT2D eigenvalue weighted by Gasteiger charge is 2.46. The van der Waals surface area contributed by atoms with Gasteiger partial charge in [0.05, 0.1) is 12.2 Å². The summed E-state index contributed by atoms with van der Waals surface area (Å²) in [7, 11) is 0. The summed E-state index contributed by atoms with van der Waals surface area (Å²) >= 11 is 0. The Kier molecular flexibility index (Phi) is 5.12. The van der Waals surface area contributed by atoms with E-state index in [4.69, 9.17) is 9.97 Å². The zero-order valence-electron chi connectivity index (χ0n) is 21.5. The van der Waals surface area contributed by atoms with Crippen LogP contribution in [0.2, 0.25) is 0 Å². The maximum absolute atomic E-state index is 13.3. The number of hydrogen-bond acceptors (Lipinski definition) is 7. The number of aliphatic hydroxyl groups is 1. The lowest BCUT2D eigenvalue weighted by atomic mass is 9.84. The molecule has 194 valence electrons. The Bertz CT molecular complexity index is 1660. The lowest BCUT2D eigenvalue weighted by molar-refractivity contribution is 0.0339. The maximum atomic E-state index is 13.3. The first-order valence-electron chi connectivity index (χ1n) is 13.3. The molecule has 1 spiro atoms. The molecular weight excluding hydrogens is 478 g/mol. The minimum absolute atomic E-state index is 0.215. The van der Waals surface area contributed by atoms with Crippen molar-refractivity contribution in [3.05, 3.63) is 81.9 Å². The molecule has 7 rings (SSSR count). The minimum Gasteiger partial charge on any atom is -0.384 e. The molecule has 0 bridgehead atoms. The number of hydrogen-bond donors (Lipinski definition) is 3. The number of aryl methyl sites for hydroxylation is 1. The summed E-state index contributed by atoms with van der Waals surface area (Å²) in [4.78, 5) is 27.4. The summed E-state index contributed by atoms with van der Waals surface area (Å²) in [5, 5.41) is 18.3. The number of benzene rings is 1. The smallest absolute Gasteiger partial charge is 0.278 e. The van der Waals surface area contributed by atoms with E-state index in [-0.39, 0.29) is 12.1 Å². The SMILES string of the molecule is C=CCn1c(=O)c2cnc(Nc3ccc4c(c3)CNCC43CC3)nc2n1-c1ccc2c(n1)[C@](C)(O)CCC2. The fourth-order valence-electron chi connectivity index (χ4n) is 6.21. The molecule has 1 atom stereocenters. The van der Waals surface area contributed by atoms with Gasteiger partial charge >= 0.3 is 0 Å². The van der Waals surface area contributed by atoms with Crippen LogP contribution in [0.25, 0.3) is 16.9 Å². The predicted octanol–water partition coefficient (Wildman–Crippen LogP) is 3.59. The van der Waals surface area contributed by atoms with Gasteiger partial charge in [0.25, 0.3) is 5.56 Å². The van der Waals surface area contributed by atoms with E-state index in [2.05, 4.69) is 40.4 Å². The summed E-state index contributed by atoms with van der Waals surface area (Å²) in [6, 6.07) is 10.4. The third-order valence-corrected chi connectivity index (χ3v) is 8.34. The molecule has 38 heavy (non-hydrogen) atoms. The Hall–Kier alpha value is -3.82. The number of aromatic nitrogens is 5. The third kappa shape index (κ3) is 3.60. The van der Waals surface area contributed by atoms with E-state index in [1.54, 1.807) is 28.6 Å². The van der Waals surface area contributed by atoms with Gasteiger partial charge in [0.2, 0.25) is 5.95 Å².